The van der Waals surface area contributed by atoms with E-state index in [0.717, 1.165) is 31.2 Å². The molecule has 0 saturated carbocycles. The van der Waals surface area contributed by atoms with Crippen molar-refractivity contribution in [2.24, 2.45) is 5.92 Å². The Bertz CT molecular complexity index is 870. The van der Waals surface area contributed by atoms with Gasteiger partial charge in [0.15, 0.2) is 5.76 Å². The zero-order chi connectivity index (χ0) is 20.0. The summed E-state index contributed by atoms with van der Waals surface area (Å²) in [7, 11) is -3.72. The summed E-state index contributed by atoms with van der Waals surface area (Å²) in [6.45, 7) is 5.04. The molecule has 8 heteroatoms. The Kier molecular flexibility index (Phi) is 7.01. The van der Waals surface area contributed by atoms with Crippen molar-refractivity contribution in [1.82, 2.24) is 5.16 Å². The van der Waals surface area contributed by atoms with E-state index in [1.807, 2.05) is 6.07 Å². The molecule has 0 spiro atoms. The second-order valence-corrected chi connectivity index (χ2v) is 8.47. The SMILES string of the molecule is Cc1noc(C)c1NS(=O)(=O)c1cccc(CCCCCC(C)C(=O)O)c1. The molecule has 0 aliphatic carbocycles. The first-order valence-corrected chi connectivity index (χ1v) is 10.5. The lowest BCUT2D eigenvalue weighted by atomic mass is 10.0. The molecule has 7 nitrogen and oxygen atoms in total. The van der Waals surface area contributed by atoms with Crippen LogP contribution in [0.1, 0.15) is 49.6 Å². The Labute approximate surface area is 159 Å². The van der Waals surface area contributed by atoms with Gasteiger partial charge in [-0.25, -0.2) is 8.42 Å². The van der Waals surface area contributed by atoms with Gasteiger partial charge in [0.25, 0.3) is 10.0 Å². The number of carbonyl (C=O) groups is 1. The third-order valence-corrected chi connectivity index (χ3v) is 5.85. The Morgan fingerprint density at radius 3 is 2.63 bits per heavy atom. The molecule has 2 N–H and O–H groups in total. The van der Waals surface area contributed by atoms with Gasteiger partial charge in [-0.05, 0) is 50.8 Å². The summed E-state index contributed by atoms with van der Waals surface area (Å²) >= 11 is 0. The lowest BCUT2D eigenvalue weighted by molar-refractivity contribution is -0.141. The Hall–Kier alpha value is -2.35. The van der Waals surface area contributed by atoms with Gasteiger partial charge in [0.1, 0.15) is 11.4 Å². The molecule has 1 heterocycles. The van der Waals surface area contributed by atoms with Crippen molar-refractivity contribution in [2.75, 3.05) is 4.72 Å². The number of carboxylic acids is 1. The normalized spacial score (nSPS) is 12.7. The van der Waals surface area contributed by atoms with Gasteiger partial charge in [0.05, 0.1) is 10.8 Å². The van der Waals surface area contributed by atoms with Crippen LogP contribution in [0.15, 0.2) is 33.7 Å². The second kappa shape index (κ2) is 9.03. The van der Waals surface area contributed by atoms with Gasteiger partial charge in [-0.15, -0.1) is 0 Å². The number of benzene rings is 1. The van der Waals surface area contributed by atoms with Crippen molar-refractivity contribution < 1.29 is 22.8 Å². The minimum absolute atomic E-state index is 0.194. The molecule has 0 aliphatic heterocycles. The highest BCUT2D eigenvalue weighted by molar-refractivity contribution is 7.92. The molecular weight excluding hydrogens is 368 g/mol. The molecule has 0 radical (unpaired) electrons. The van der Waals surface area contributed by atoms with Crippen molar-refractivity contribution in [2.45, 2.75) is 57.8 Å². The number of hydrogen-bond donors (Lipinski definition) is 2. The molecule has 1 atom stereocenters. The lowest BCUT2D eigenvalue weighted by Gasteiger charge is -2.09. The van der Waals surface area contributed by atoms with E-state index in [4.69, 9.17) is 9.63 Å². The first kappa shape index (κ1) is 21.0. The summed E-state index contributed by atoms with van der Waals surface area (Å²) in [6, 6.07) is 6.84. The van der Waals surface area contributed by atoms with E-state index in [9.17, 15) is 13.2 Å². The zero-order valence-electron chi connectivity index (χ0n) is 15.9. The maximum atomic E-state index is 12.6. The van der Waals surface area contributed by atoms with Crippen molar-refractivity contribution in [3.8, 4) is 0 Å². The molecule has 1 aromatic carbocycles. The molecule has 0 bridgehead atoms. The van der Waals surface area contributed by atoms with Gasteiger partial charge in [-0.2, -0.15) is 0 Å². The summed E-state index contributed by atoms with van der Waals surface area (Å²) in [5.74, 6) is -0.671. The third kappa shape index (κ3) is 5.82. The van der Waals surface area contributed by atoms with Crippen LogP contribution in [0.2, 0.25) is 0 Å². The van der Waals surface area contributed by atoms with Gasteiger partial charge in [-0.3, -0.25) is 9.52 Å². The molecule has 0 amide bonds. The Morgan fingerprint density at radius 2 is 2.00 bits per heavy atom. The quantitative estimate of drug-likeness (QED) is 0.591. The van der Waals surface area contributed by atoms with Gasteiger partial charge < -0.3 is 9.63 Å². The van der Waals surface area contributed by atoms with Crippen LogP contribution in [0, 0.1) is 19.8 Å². The molecule has 148 valence electrons. The largest absolute Gasteiger partial charge is 0.481 e. The highest BCUT2D eigenvalue weighted by Crippen LogP contribution is 2.23. The van der Waals surface area contributed by atoms with Crippen LogP contribution < -0.4 is 4.72 Å². The van der Waals surface area contributed by atoms with Crippen LogP contribution in [-0.2, 0) is 21.2 Å². The fraction of sp³-hybridized carbons (Fsp3) is 0.474. The van der Waals surface area contributed by atoms with E-state index in [2.05, 4.69) is 9.88 Å². The molecule has 1 aromatic heterocycles. The molecular formula is C19H26N2O5S. The lowest BCUT2D eigenvalue weighted by Crippen LogP contribution is -2.14. The number of carboxylic acid groups (broad SMARTS) is 1. The molecule has 2 aromatic rings. The number of sulfonamides is 1. The fourth-order valence-corrected chi connectivity index (χ4v) is 4.01. The number of rotatable bonds is 10. The maximum Gasteiger partial charge on any atom is 0.306 e. The number of nitrogens with zero attached hydrogens (tertiary/aromatic N) is 1. The topological polar surface area (TPSA) is 110 Å². The van der Waals surface area contributed by atoms with Crippen molar-refractivity contribution in [3.05, 3.63) is 41.3 Å². The van der Waals surface area contributed by atoms with E-state index < -0.39 is 16.0 Å². The predicted octanol–water partition coefficient (Wildman–Crippen LogP) is 3.92. The number of aromatic nitrogens is 1. The summed E-state index contributed by atoms with van der Waals surface area (Å²) in [4.78, 5) is 11.0. The number of unbranched alkanes of at least 4 members (excludes halogenated alkanes) is 2. The van der Waals surface area contributed by atoms with Crippen molar-refractivity contribution >= 4 is 21.7 Å². The third-order valence-electron chi connectivity index (χ3n) is 4.50. The molecule has 27 heavy (non-hydrogen) atoms. The molecule has 2 rings (SSSR count). The number of aryl methyl sites for hydroxylation is 3. The minimum Gasteiger partial charge on any atom is -0.481 e. The molecule has 0 saturated heterocycles. The monoisotopic (exact) mass is 394 g/mol. The van der Waals surface area contributed by atoms with E-state index in [1.165, 1.54) is 0 Å². The summed E-state index contributed by atoms with van der Waals surface area (Å²) in [5, 5.41) is 12.6. The van der Waals surface area contributed by atoms with Crippen molar-refractivity contribution in [1.29, 1.82) is 0 Å². The van der Waals surface area contributed by atoms with Gasteiger partial charge in [-0.1, -0.05) is 37.1 Å². The maximum absolute atomic E-state index is 12.6. The number of anilines is 1. The van der Waals surface area contributed by atoms with Crippen LogP contribution in [0.5, 0.6) is 0 Å². The zero-order valence-corrected chi connectivity index (χ0v) is 16.7. The Morgan fingerprint density at radius 1 is 1.26 bits per heavy atom. The van der Waals surface area contributed by atoms with Crippen LogP contribution in [0.4, 0.5) is 5.69 Å². The second-order valence-electron chi connectivity index (χ2n) is 6.79. The number of hydrogen-bond acceptors (Lipinski definition) is 5. The first-order valence-electron chi connectivity index (χ1n) is 8.98. The summed E-state index contributed by atoms with van der Waals surface area (Å²) in [5.41, 5.74) is 1.79. The average molecular weight is 394 g/mol. The smallest absolute Gasteiger partial charge is 0.306 e. The van der Waals surface area contributed by atoms with Crippen LogP contribution in [0.3, 0.4) is 0 Å². The number of aliphatic carboxylic acids is 1. The fourth-order valence-electron chi connectivity index (χ4n) is 2.77. The average Bonchev–Trinajstić information content (AvgIpc) is 2.93. The molecule has 1 unspecified atom stereocenters. The highest BCUT2D eigenvalue weighted by Gasteiger charge is 2.19. The van der Waals surface area contributed by atoms with E-state index in [-0.39, 0.29) is 10.8 Å². The molecule has 0 aliphatic rings. The van der Waals surface area contributed by atoms with Gasteiger partial charge >= 0.3 is 5.97 Å². The van der Waals surface area contributed by atoms with E-state index in [0.29, 0.717) is 23.6 Å². The number of nitrogens with one attached hydrogen (secondary N) is 1. The van der Waals surface area contributed by atoms with Crippen molar-refractivity contribution in [3.63, 3.8) is 0 Å². The van der Waals surface area contributed by atoms with Crippen LogP contribution in [0.25, 0.3) is 0 Å². The minimum atomic E-state index is -3.72. The standard InChI is InChI=1S/C19H26N2O5S/c1-13(19(22)23)8-5-4-6-9-16-10-7-11-17(12-16)27(24,25)21-18-14(2)20-26-15(18)3/h7,10-13,21H,4-6,8-9H2,1-3H3,(H,22,23). The summed E-state index contributed by atoms with van der Waals surface area (Å²) < 4.78 is 32.8. The van der Waals surface area contributed by atoms with Crippen LogP contribution in [-0.4, -0.2) is 24.7 Å². The summed E-state index contributed by atoms with van der Waals surface area (Å²) in [6.07, 6.45) is 4.04. The predicted molar refractivity (Wildman–Crippen MR) is 102 cm³/mol. The van der Waals surface area contributed by atoms with E-state index in [1.54, 1.807) is 39.0 Å². The molecule has 0 fully saturated rings. The van der Waals surface area contributed by atoms with Crippen LogP contribution >= 0.6 is 0 Å². The highest BCUT2D eigenvalue weighted by atomic mass is 32.2. The Balaban J connectivity index is 1.95. The van der Waals surface area contributed by atoms with Gasteiger partial charge in [0, 0.05) is 0 Å². The van der Waals surface area contributed by atoms with Gasteiger partial charge in [0.2, 0.25) is 0 Å². The van der Waals surface area contributed by atoms with E-state index >= 15 is 0 Å². The first-order chi connectivity index (χ1) is 12.7.